The highest BCUT2D eigenvalue weighted by molar-refractivity contribution is 7.80. The maximum atomic E-state index is 5.37. The van der Waals surface area contributed by atoms with Gasteiger partial charge in [0.05, 0.1) is 17.5 Å². The van der Waals surface area contributed by atoms with Crippen molar-refractivity contribution in [2.24, 2.45) is 5.92 Å². The van der Waals surface area contributed by atoms with E-state index in [0.29, 0.717) is 12.1 Å². The van der Waals surface area contributed by atoms with Crippen molar-refractivity contribution in [3.05, 3.63) is 0 Å². The third-order valence-corrected chi connectivity index (χ3v) is 2.70. The van der Waals surface area contributed by atoms with E-state index in [1.807, 2.05) is 11.9 Å². The van der Waals surface area contributed by atoms with Gasteiger partial charge in [-0.3, -0.25) is 0 Å². The first-order valence-corrected chi connectivity index (χ1v) is 3.60. The fraction of sp³-hybridized carbons (Fsp3) is 0.833. The van der Waals surface area contributed by atoms with Crippen molar-refractivity contribution in [1.29, 1.82) is 0 Å². The normalized spacial score (nSPS) is 40.6. The van der Waals surface area contributed by atoms with Crippen molar-refractivity contribution in [2.45, 2.75) is 12.6 Å². The number of hydrogen-bond donors (Lipinski definition) is 0. The van der Waals surface area contributed by atoms with E-state index in [2.05, 4.69) is 0 Å². The lowest BCUT2D eigenvalue weighted by atomic mass is 9.97. The monoisotopic (exact) mass is 143 g/mol. The molecule has 2 aliphatic heterocycles. The zero-order chi connectivity index (χ0) is 6.43. The molecule has 0 radical (unpaired) electrons. The molecule has 0 aliphatic carbocycles. The molecule has 0 amide bonds. The largest absolute Gasteiger partial charge is 0.358 e. The average Bonchev–Trinajstić information content (AvgIpc) is 2.30. The van der Waals surface area contributed by atoms with Crippen LogP contribution in [0.2, 0.25) is 0 Å². The lowest BCUT2D eigenvalue weighted by Crippen LogP contribution is -2.55. The molecule has 0 aromatic heterocycles. The van der Waals surface area contributed by atoms with Crippen LogP contribution in [-0.2, 0) is 4.74 Å². The lowest BCUT2D eigenvalue weighted by Gasteiger charge is -2.42. The van der Waals surface area contributed by atoms with Gasteiger partial charge in [-0.05, 0) is 6.42 Å². The van der Waals surface area contributed by atoms with Crippen molar-refractivity contribution in [3.8, 4) is 0 Å². The number of fused-ring (bicyclic) bond motifs is 1. The van der Waals surface area contributed by atoms with Gasteiger partial charge in [0.15, 0.2) is 0 Å². The van der Waals surface area contributed by atoms with Crippen LogP contribution in [0.1, 0.15) is 6.42 Å². The molecule has 0 bridgehead atoms. The number of thiocarbonyl (C=S) groups is 1. The third-order valence-electron chi connectivity index (χ3n) is 2.11. The average molecular weight is 143 g/mol. The van der Waals surface area contributed by atoms with Crippen molar-refractivity contribution in [2.75, 3.05) is 13.7 Å². The Bertz CT molecular complexity index is 159. The van der Waals surface area contributed by atoms with E-state index in [9.17, 15) is 0 Å². The van der Waals surface area contributed by atoms with Gasteiger partial charge in [0.25, 0.3) is 0 Å². The smallest absolute Gasteiger partial charge is 0.139 e. The highest BCUT2D eigenvalue weighted by Crippen LogP contribution is 2.34. The van der Waals surface area contributed by atoms with Gasteiger partial charge in [-0.25, -0.2) is 0 Å². The Balaban J connectivity index is 2.14. The number of nitrogens with zero attached hydrogens (tertiary/aromatic N) is 1. The summed E-state index contributed by atoms with van der Waals surface area (Å²) < 4.78 is 5.37. The first kappa shape index (κ1) is 5.62. The van der Waals surface area contributed by atoms with E-state index < -0.39 is 0 Å². The lowest BCUT2D eigenvalue weighted by molar-refractivity contribution is -0.0108. The Kier molecular flexibility index (Phi) is 1.04. The van der Waals surface area contributed by atoms with Gasteiger partial charge >= 0.3 is 0 Å². The van der Waals surface area contributed by atoms with Crippen molar-refractivity contribution in [1.82, 2.24) is 4.90 Å². The number of hydrogen-bond acceptors (Lipinski definition) is 2. The van der Waals surface area contributed by atoms with E-state index in [4.69, 9.17) is 17.0 Å². The van der Waals surface area contributed by atoms with Crippen LogP contribution in [-0.4, -0.2) is 29.8 Å². The van der Waals surface area contributed by atoms with Crippen molar-refractivity contribution >= 4 is 17.2 Å². The molecule has 2 fully saturated rings. The second kappa shape index (κ2) is 1.67. The topological polar surface area (TPSA) is 12.5 Å². The molecule has 2 aliphatic rings. The molecule has 0 aromatic rings. The summed E-state index contributed by atoms with van der Waals surface area (Å²) >= 11 is 5.09. The molecular weight excluding hydrogens is 134 g/mol. The Labute approximate surface area is 59.8 Å². The first-order chi connectivity index (χ1) is 4.30. The molecule has 2 atom stereocenters. The van der Waals surface area contributed by atoms with Crippen LogP contribution in [0.4, 0.5) is 0 Å². The summed E-state index contributed by atoms with van der Waals surface area (Å²) in [6.45, 7) is 0.889. The van der Waals surface area contributed by atoms with Crippen LogP contribution in [0.15, 0.2) is 0 Å². The summed E-state index contributed by atoms with van der Waals surface area (Å²) in [5.41, 5.74) is 0. The molecule has 3 heteroatoms. The zero-order valence-electron chi connectivity index (χ0n) is 5.33. The Morgan fingerprint density at radius 2 is 2.56 bits per heavy atom. The van der Waals surface area contributed by atoms with Gasteiger partial charge in [0.1, 0.15) is 6.23 Å². The predicted octanol–water partition coefficient (Wildman–Crippen LogP) is 0.622. The SMILES string of the molecule is CN1C(=S)C2CCOC21. The van der Waals surface area contributed by atoms with Crippen LogP contribution < -0.4 is 0 Å². The van der Waals surface area contributed by atoms with Gasteiger partial charge in [-0.2, -0.15) is 0 Å². The molecule has 0 spiro atoms. The minimum absolute atomic E-state index is 0.331. The summed E-state index contributed by atoms with van der Waals surface area (Å²) in [5.74, 6) is 0.574. The van der Waals surface area contributed by atoms with E-state index in [1.54, 1.807) is 0 Å². The van der Waals surface area contributed by atoms with E-state index in [-0.39, 0.29) is 0 Å². The summed E-state index contributed by atoms with van der Waals surface area (Å²) in [5, 5.41) is 0. The Hall–Kier alpha value is -0.150. The van der Waals surface area contributed by atoms with Crippen molar-refractivity contribution in [3.63, 3.8) is 0 Å². The van der Waals surface area contributed by atoms with Crippen LogP contribution in [0.25, 0.3) is 0 Å². The second-order valence-electron chi connectivity index (χ2n) is 2.61. The third kappa shape index (κ3) is 0.563. The van der Waals surface area contributed by atoms with Crippen LogP contribution in [0.3, 0.4) is 0 Å². The molecule has 2 nitrogen and oxygen atoms in total. The summed E-state index contributed by atoms with van der Waals surface area (Å²) in [7, 11) is 1.99. The van der Waals surface area contributed by atoms with E-state index >= 15 is 0 Å². The molecule has 2 unspecified atom stereocenters. The van der Waals surface area contributed by atoms with Gasteiger partial charge in [0.2, 0.25) is 0 Å². The molecule has 2 saturated heterocycles. The summed E-state index contributed by atoms with van der Waals surface area (Å²) in [6, 6.07) is 0. The minimum Gasteiger partial charge on any atom is -0.358 e. The maximum Gasteiger partial charge on any atom is 0.139 e. The number of ether oxygens (including phenoxy) is 1. The summed E-state index contributed by atoms with van der Waals surface area (Å²) in [6.07, 6.45) is 1.46. The fourth-order valence-electron chi connectivity index (χ4n) is 1.51. The van der Waals surface area contributed by atoms with Crippen LogP contribution in [0.5, 0.6) is 0 Å². The highest BCUT2D eigenvalue weighted by atomic mass is 32.1. The molecular formula is C6H9NOS. The highest BCUT2D eigenvalue weighted by Gasteiger charge is 2.45. The number of likely N-dealkylation sites (tertiary alicyclic amines) is 1. The maximum absolute atomic E-state index is 5.37. The van der Waals surface area contributed by atoms with Gasteiger partial charge in [0, 0.05) is 7.05 Å². The summed E-state index contributed by atoms with van der Waals surface area (Å²) in [4.78, 5) is 3.12. The molecule has 0 N–H and O–H groups in total. The van der Waals surface area contributed by atoms with Crippen molar-refractivity contribution < 1.29 is 4.74 Å². The Morgan fingerprint density at radius 3 is 3.22 bits per heavy atom. The molecule has 2 rings (SSSR count). The predicted molar refractivity (Wildman–Crippen MR) is 38.2 cm³/mol. The number of rotatable bonds is 0. The van der Waals surface area contributed by atoms with Crippen LogP contribution in [0, 0.1) is 5.92 Å². The zero-order valence-corrected chi connectivity index (χ0v) is 6.15. The van der Waals surface area contributed by atoms with E-state index in [1.165, 1.54) is 0 Å². The van der Waals surface area contributed by atoms with Gasteiger partial charge < -0.3 is 9.64 Å². The minimum atomic E-state index is 0.331. The van der Waals surface area contributed by atoms with E-state index in [0.717, 1.165) is 18.0 Å². The second-order valence-corrected chi connectivity index (χ2v) is 3.02. The molecule has 2 heterocycles. The Morgan fingerprint density at radius 1 is 1.78 bits per heavy atom. The fourth-order valence-corrected chi connectivity index (χ4v) is 1.84. The molecule has 0 saturated carbocycles. The standard InChI is InChI=1S/C6H9NOS/c1-7-5-4(6(7)9)2-3-8-5/h4-5H,2-3H2,1H3. The first-order valence-electron chi connectivity index (χ1n) is 3.19. The van der Waals surface area contributed by atoms with Crippen LogP contribution >= 0.6 is 12.2 Å². The van der Waals surface area contributed by atoms with Gasteiger partial charge in [-0.15, -0.1) is 0 Å². The molecule has 50 valence electrons. The quantitative estimate of drug-likeness (QED) is 0.461. The molecule has 9 heavy (non-hydrogen) atoms. The van der Waals surface area contributed by atoms with Gasteiger partial charge in [-0.1, -0.05) is 12.2 Å². The molecule has 0 aromatic carbocycles.